The molecule has 0 aliphatic heterocycles. The maximum Gasteiger partial charge on any atom is 0.233 e. The van der Waals surface area contributed by atoms with Crippen LogP contribution in [0.15, 0.2) is 18.2 Å². The highest BCUT2D eigenvalue weighted by Crippen LogP contribution is 2.25. The Hall–Kier alpha value is -1.62. The second kappa shape index (κ2) is 5.63. The van der Waals surface area contributed by atoms with Gasteiger partial charge in [-0.2, -0.15) is 0 Å². The van der Waals surface area contributed by atoms with Gasteiger partial charge in [-0.05, 0) is 25.5 Å². The van der Waals surface area contributed by atoms with Gasteiger partial charge in [-0.15, -0.1) is 0 Å². The lowest BCUT2D eigenvalue weighted by molar-refractivity contribution is -0.117. The van der Waals surface area contributed by atoms with Crippen LogP contribution in [0.4, 0.5) is 5.69 Å². The van der Waals surface area contributed by atoms with Gasteiger partial charge in [0.1, 0.15) is 5.75 Å². The van der Waals surface area contributed by atoms with Gasteiger partial charge in [0, 0.05) is 12.6 Å². The summed E-state index contributed by atoms with van der Waals surface area (Å²) in [5.41, 5.74) is 6.97. The van der Waals surface area contributed by atoms with Gasteiger partial charge in [-0.25, -0.2) is 0 Å². The first-order valence-corrected chi connectivity index (χ1v) is 5.74. The van der Waals surface area contributed by atoms with E-state index in [1.807, 2.05) is 13.8 Å². The minimum absolute atomic E-state index is 0.0399. The van der Waals surface area contributed by atoms with Crippen molar-refractivity contribution in [1.82, 2.24) is 0 Å². The molecule has 3 N–H and O–H groups in total. The zero-order valence-electron chi connectivity index (χ0n) is 9.93. The average Bonchev–Trinajstić information content (AvgIpc) is 2.23. The van der Waals surface area contributed by atoms with Crippen LogP contribution in [0.3, 0.4) is 0 Å². The minimum atomic E-state index is -0.159. The first-order valence-electron chi connectivity index (χ1n) is 5.34. The van der Waals surface area contributed by atoms with Gasteiger partial charge in [0.15, 0.2) is 0 Å². The van der Waals surface area contributed by atoms with E-state index < -0.39 is 0 Å². The second-order valence-electron chi connectivity index (χ2n) is 3.75. The number of carbonyl (C=O) groups is 1. The van der Waals surface area contributed by atoms with E-state index in [2.05, 4.69) is 0 Å². The Kier molecular flexibility index (Phi) is 4.45. The number of benzene rings is 1. The molecule has 0 heterocycles. The van der Waals surface area contributed by atoms with E-state index in [1.165, 1.54) is 0 Å². The first kappa shape index (κ1) is 13.4. The molecule has 0 fully saturated rings. The molecule has 92 valence electrons. The lowest BCUT2D eigenvalue weighted by atomic mass is 10.1. The van der Waals surface area contributed by atoms with E-state index in [9.17, 15) is 9.90 Å². The van der Waals surface area contributed by atoms with Crippen molar-refractivity contribution in [3.05, 3.63) is 23.8 Å². The molecule has 0 aliphatic rings. The summed E-state index contributed by atoms with van der Waals surface area (Å²) in [6.07, 6.45) is 0.0399. The zero-order chi connectivity index (χ0) is 13.0. The molecule has 0 aliphatic carbocycles. The molecular weight excluding hydrogens is 236 g/mol. The largest absolute Gasteiger partial charge is 0.508 e. The molecule has 1 aromatic carbocycles. The van der Waals surface area contributed by atoms with E-state index in [1.54, 1.807) is 23.1 Å². The number of rotatable bonds is 4. The fraction of sp³-hybridized carbons (Fsp3) is 0.333. The zero-order valence-corrected chi connectivity index (χ0v) is 10.8. The molecular formula is C12H16N2O2S. The monoisotopic (exact) mass is 252 g/mol. The van der Waals surface area contributed by atoms with Crippen molar-refractivity contribution in [1.29, 1.82) is 0 Å². The Bertz CT molecular complexity index is 446. The van der Waals surface area contributed by atoms with Gasteiger partial charge in [0.2, 0.25) is 5.91 Å². The molecule has 1 aromatic rings. The third kappa shape index (κ3) is 3.42. The Morgan fingerprint density at radius 2 is 2.18 bits per heavy atom. The molecule has 5 heteroatoms. The lowest BCUT2D eigenvalue weighted by Gasteiger charge is -2.23. The van der Waals surface area contributed by atoms with Crippen LogP contribution < -0.4 is 10.6 Å². The van der Waals surface area contributed by atoms with Crippen molar-refractivity contribution in [2.24, 2.45) is 5.73 Å². The molecule has 0 unspecified atom stereocenters. The van der Waals surface area contributed by atoms with Gasteiger partial charge in [0.25, 0.3) is 0 Å². The number of nitrogens with zero attached hydrogens (tertiary/aromatic N) is 1. The molecule has 0 atom stereocenters. The summed E-state index contributed by atoms with van der Waals surface area (Å²) < 4.78 is 0. The normalized spacial score (nSPS) is 10.0. The summed E-state index contributed by atoms with van der Waals surface area (Å²) in [6, 6.07) is 4.92. The maximum atomic E-state index is 11.9. The van der Waals surface area contributed by atoms with Crippen LogP contribution in [0.2, 0.25) is 0 Å². The van der Waals surface area contributed by atoms with Crippen LogP contribution >= 0.6 is 12.2 Å². The van der Waals surface area contributed by atoms with Gasteiger partial charge >= 0.3 is 0 Å². The SMILES string of the molecule is CCN(C(=O)CC(N)=S)c1cc(O)ccc1C. The van der Waals surface area contributed by atoms with Crippen molar-refractivity contribution in [3.8, 4) is 5.75 Å². The third-order valence-electron chi connectivity index (χ3n) is 2.43. The van der Waals surface area contributed by atoms with Crippen molar-refractivity contribution < 1.29 is 9.90 Å². The number of aryl methyl sites for hydroxylation is 1. The van der Waals surface area contributed by atoms with E-state index in [0.29, 0.717) is 12.2 Å². The summed E-state index contributed by atoms with van der Waals surface area (Å²) >= 11 is 4.73. The third-order valence-corrected chi connectivity index (χ3v) is 2.57. The van der Waals surface area contributed by atoms with Crippen LogP contribution in [-0.2, 0) is 4.79 Å². The van der Waals surface area contributed by atoms with Crippen LogP contribution in [0.5, 0.6) is 5.75 Å². The molecule has 0 radical (unpaired) electrons. The summed E-state index contributed by atoms with van der Waals surface area (Å²) in [6.45, 7) is 4.25. The molecule has 0 aromatic heterocycles. The number of phenolic OH excluding ortho intramolecular Hbond substituents is 1. The quantitative estimate of drug-likeness (QED) is 0.801. The van der Waals surface area contributed by atoms with Gasteiger partial charge in [-0.1, -0.05) is 18.3 Å². The minimum Gasteiger partial charge on any atom is -0.508 e. The van der Waals surface area contributed by atoms with Gasteiger partial charge in [0.05, 0.1) is 17.1 Å². The molecule has 1 rings (SSSR count). The van der Waals surface area contributed by atoms with Crippen molar-refractivity contribution in [2.45, 2.75) is 20.3 Å². The summed E-state index contributed by atoms with van der Waals surface area (Å²) in [4.78, 5) is 13.7. The van der Waals surface area contributed by atoms with Crippen LogP contribution in [0, 0.1) is 6.92 Å². The van der Waals surface area contributed by atoms with E-state index in [4.69, 9.17) is 18.0 Å². The number of anilines is 1. The van der Waals surface area contributed by atoms with E-state index >= 15 is 0 Å². The fourth-order valence-corrected chi connectivity index (χ4v) is 1.74. The highest BCUT2D eigenvalue weighted by molar-refractivity contribution is 7.80. The summed E-state index contributed by atoms with van der Waals surface area (Å²) in [5.74, 6) is -0.0270. The first-order chi connectivity index (χ1) is 7.95. The Morgan fingerprint density at radius 3 is 2.71 bits per heavy atom. The van der Waals surface area contributed by atoms with Gasteiger partial charge < -0.3 is 15.7 Å². The Balaban J connectivity index is 3.04. The number of amides is 1. The average molecular weight is 252 g/mol. The van der Waals surface area contributed by atoms with E-state index in [-0.39, 0.29) is 23.1 Å². The van der Waals surface area contributed by atoms with Crippen LogP contribution in [0.1, 0.15) is 18.9 Å². The predicted octanol–water partition coefficient (Wildman–Crippen LogP) is 1.73. The summed E-state index contributed by atoms with van der Waals surface area (Å²) in [5, 5.41) is 9.46. The number of nitrogens with two attached hydrogens (primary N) is 1. The molecule has 0 saturated heterocycles. The van der Waals surface area contributed by atoms with E-state index in [0.717, 1.165) is 5.56 Å². The maximum absolute atomic E-state index is 11.9. The number of hydrogen-bond acceptors (Lipinski definition) is 3. The molecule has 1 amide bonds. The molecule has 0 spiro atoms. The molecule has 0 saturated carbocycles. The standard InChI is InChI=1S/C12H16N2O2S/c1-3-14(12(16)7-11(13)17)10-6-9(15)5-4-8(10)2/h4-6,15H,3,7H2,1-2H3,(H2,13,17). The Morgan fingerprint density at radius 1 is 1.53 bits per heavy atom. The number of aromatic hydroxyl groups is 1. The summed E-state index contributed by atoms with van der Waals surface area (Å²) in [7, 11) is 0. The molecule has 0 bridgehead atoms. The molecule has 17 heavy (non-hydrogen) atoms. The topological polar surface area (TPSA) is 66.6 Å². The number of hydrogen-bond donors (Lipinski definition) is 2. The fourth-order valence-electron chi connectivity index (χ4n) is 1.61. The predicted molar refractivity (Wildman–Crippen MR) is 72.3 cm³/mol. The molecule has 4 nitrogen and oxygen atoms in total. The number of carbonyl (C=O) groups excluding carboxylic acids is 1. The van der Waals surface area contributed by atoms with Crippen molar-refractivity contribution >= 4 is 28.8 Å². The smallest absolute Gasteiger partial charge is 0.233 e. The highest BCUT2D eigenvalue weighted by Gasteiger charge is 2.16. The van der Waals surface area contributed by atoms with Crippen LogP contribution in [-0.4, -0.2) is 22.5 Å². The van der Waals surface area contributed by atoms with Crippen molar-refractivity contribution in [2.75, 3.05) is 11.4 Å². The number of phenols is 1. The number of thiocarbonyl (C=S) groups is 1. The second-order valence-corrected chi connectivity index (χ2v) is 4.28. The van der Waals surface area contributed by atoms with Gasteiger partial charge in [-0.3, -0.25) is 4.79 Å². The van der Waals surface area contributed by atoms with Crippen molar-refractivity contribution in [3.63, 3.8) is 0 Å². The van der Waals surface area contributed by atoms with Crippen LogP contribution in [0.25, 0.3) is 0 Å². The highest BCUT2D eigenvalue weighted by atomic mass is 32.1. The Labute approximate surface area is 106 Å². The lowest BCUT2D eigenvalue weighted by Crippen LogP contribution is -2.33.